The fourth-order valence-electron chi connectivity index (χ4n) is 2.37. The maximum Gasteiger partial charge on any atom is 0.426 e. The molecule has 0 saturated heterocycles. The molecule has 0 saturated carbocycles. The normalized spacial score (nSPS) is 10.3. The van der Waals surface area contributed by atoms with E-state index in [-0.39, 0.29) is 6.61 Å². The van der Waals surface area contributed by atoms with E-state index in [4.69, 9.17) is 4.74 Å². The highest BCUT2D eigenvalue weighted by molar-refractivity contribution is 6.07. The van der Waals surface area contributed by atoms with E-state index in [0.717, 1.165) is 5.56 Å². The van der Waals surface area contributed by atoms with Crippen LogP contribution in [0.2, 0.25) is 0 Å². The van der Waals surface area contributed by atoms with Crippen molar-refractivity contribution >= 4 is 22.9 Å². The number of pyridine rings is 2. The number of benzene rings is 1. The zero-order valence-corrected chi connectivity index (χ0v) is 13.5. The largest absolute Gasteiger partial charge is 0.449 e. The van der Waals surface area contributed by atoms with Crippen LogP contribution in [-0.2, 0) is 4.74 Å². The highest BCUT2D eigenvalue weighted by Gasteiger charge is 2.14. The number of fused-ring (bicyclic) bond motifs is 1. The Morgan fingerprint density at radius 2 is 1.96 bits per heavy atom. The van der Waals surface area contributed by atoms with Crippen molar-refractivity contribution < 1.29 is 14.3 Å². The fraction of sp³-hybridized carbons (Fsp3) is 0.111. The summed E-state index contributed by atoms with van der Waals surface area (Å²) in [5.74, 6) is -0.461. The van der Waals surface area contributed by atoms with E-state index in [1.54, 1.807) is 37.5 Å². The highest BCUT2D eigenvalue weighted by Crippen LogP contribution is 2.24. The summed E-state index contributed by atoms with van der Waals surface area (Å²) < 4.78 is 4.72. The zero-order valence-electron chi connectivity index (χ0n) is 13.5. The van der Waals surface area contributed by atoms with E-state index < -0.39 is 12.0 Å². The topological polar surface area (TPSA) is 93.2 Å². The molecule has 0 radical (unpaired) electrons. The Bertz CT molecular complexity index is 913. The van der Waals surface area contributed by atoms with Crippen LogP contribution >= 0.6 is 0 Å². The van der Waals surface area contributed by atoms with Crippen LogP contribution in [0.25, 0.3) is 22.2 Å². The first-order valence-corrected chi connectivity index (χ1v) is 7.72. The molecule has 0 spiro atoms. The van der Waals surface area contributed by atoms with Gasteiger partial charge in [-0.05, 0) is 31.2 Å². The van der Waals surface area contributed by atoms with Crippen molar-refractivity contribution in [3.05, 3.63) is 60.4 Å². The van der Waals surface area contributed by atoms with Crippen LogP contribution in [0.5, 0.6) is 0 Å². The summed E-state index contributed by atoms with van der Waals surface area (Å²) in [7, 11) is 0. The van der Waals surface area contributed by atoms with Crippen molar-refractivity contribution in [2.45, 2.75) is 6.92 Å². The first-order chi connectivity index (χ1) is 12.2. The summed E-state index contributed by atoms with van der Waals surface area (Å²) >= 11 is 0. The van der Waals surface area contributed by atoms with Crippen LogP contribution in [0, 0.1) is 0 Å². The summed E-state index contributed by atoms with van der Waals surface area (Å²) in [5, 5.41) is 0.679. The number of aromatic nitrogens is 2. The first kappa shape index (κ1) is 16.4. The number of hydrogen-bond acceptors (Lipinski definition) is 5. The van der Waals surface area contributed by atoms with Gasteiger partial charge in [0.25, 0.3) is 5.91 Å². The minimum absolute atomic E-state index is 0.213. The molecule has 3 rings (SSSR count). The van der Waals surface area contributed by atoms with Crippen LogP contribution in [0.3, 0.4) is 0 Å². The SMILES string of the molecule is CCOC(=O)NNC(=O)c1cc(-c2cccnc2)nc2ccccc12. The molecule has 7 nitrogen and oxygen atoms in total. The maximum atomic E-state index is 12.5. The van der Waals surface area contributed by atoms with E-state index >= 15 is 0 Å². The first-order valence-electron chi connectivity index (χ1n) is 7.72. The van der Waals surface area contributed by atoms with Crippen LogP contribution in [0.15, 0.2) is 54.9 Å². The Morgan fingerprint density at radius 1 is 1.12 bits per heavy atom. The molecule has 126 valence electrons. The molecule has 0 bridgehead atoms. The van der Waals surface area contributed by atoms with Gasteiger partial charge in [-0.25, -0.2) is 15.2 Å². The summed E-state index contributed by atoms with van der Waals surface area (Å²) in [5.41, 5.74) is 7.03. The number of hydrogen-bond donors (Lipinski definition) is 2. The quantitative estimate of drug-likeness (QED) is 0.717. The highest BCUT2D eigenvalue weighted by atomic mass is 16.5. The molecule has 0 aliphatic rings. The van der Waals surface area contributed by atoms with Gasteiger partial charge < -0.3 is 4.74 Å². The molecule has 3 aromatic rings. The summed E-state index contributed by atoms with van der Waals surface area (Å²) in [4.78, 5) is 32.6. The lowest BCUT2D eigenvalue weighted by Crippen LogP contribution is -2.42. The van der Waals surface area contributed by atoms with E-state index in [9.17, 15) is 9.59 Å². The molecule has 0 unspecified atom stereocenters. The molecule has 7 heteroatoms. The Hall–Kier alpha value is -3.48. The number of para-hydroxylation sites is 1. The molecule has 2 heterocycles. The number of hydrazine groups is 1. The molecule has 2 amide bonds. The number of rotatable bonds is 3. The monoisotopic (exact) mass is 336 g/mol. The molecule has 25 heavy (non-hydrogen) atoms. The van der Waals surface area contributed by atoms with Gasteiger partial charge >= 0.3 is 6.09 Å². The minimum Gasteiger partial charge on any atom is -0.449 e. The van der Waals surface area contributed by atoms with Gasteiger partial charge in [0.05, 0.1) is 23.4 Å². The second-order valence-corrected chi connectivity index (χ2v) is 5.11. The lowest BCUT2D eigenvalue weighted by molar-refractivity contribution is 0.0914. The summed E-state index contributed by atoms with van der Waals surface area (Å²) in [6.45, 7) is 1.89. The van der Waals surface area contributed by atoms with Gasteiger partial charge in [0.15, 0.2) is 0 Å². The van der Waals surface area contributed by atoms with Crippen LogP contribution in [0.1, 0.15) is 17.3 Å². The van der Waals surface area contributed by atoms with Gasteiger partial charge in [0, 0.05) is 23.3 Å². The van der Waals surface area contributed by atoms with Gasteiger partial charge in [-0.2, -0.15) is 0 Å². The number of nitrogens with one attached hydrogen (secondary N) is 2. The van der Waals surface area contributed by atoms with Gasteiger partial charge in [-0.15, -0.1) is 0 Å². The second-order valence-electron chi connectivity index (χ2n) is 5.11. The van der Waals surface area contributed by atoms with E-state index in [1.807, 2.05) is 24.3 Å². The molecule has 2 N–H and O–H groups in total. The Balaban J connectivity index is 1.98. The van der Waals surface area contributed by atoms with Crippen molar-refractivity contribution in [1.82, 2.24) is 20.8 Å². The Labute approximate surface area is 144 Å². The molecule has 2 aromatic heterocycles. The Kier molecular flexibility index (Phi) is 4.84. The summed E-state index contributed by atoms with van der Waals surface area (Å²) in [6.07, 6.45) is 2.62. The Morgan fingerprint density at radius 3 is 2.72 bits per heavy atom. The molecule has 0 fully saturated rings. The third kappa shape index (κ3) is 3.72. The van der Waals surface area contributed by atoms with E-state index in [1.165, 1.54) is 0 Å². The number of ether oxygens (including phenoxy) is 1. The molecule has 0 aliphatic carbocycles. The molecular formula is C18H16N4O3. The van der Waals surface area contributed by atoms with Gasteiger partial charge in [0.1, 0.15) is 0 Å². The van der Waals surface area contributed by atoms with E-state index in [2.05, 4.69) is 20.8 Å². The number of carbonyl (C=O) groups excluding carboxylic acids is 2. The van der Waals surface area contributed by atoms with Crippen molar-refractivity contribution in [1.29, 1.82) is 0 Å². The number of carbonyl (C=O) groups is 2. The van der Waals surface area contributed by atoms with Gasteiger partial charge in [0.2, 0.25) is 0 Å². The molecule has 1 aromatic carbocycles. The fourth-order valence-corrected chi connectivity index (χ4v) is 2.37. The molecular weight excluding hydrogens is 320 g/mol. The lowest BCUT2D eigenvalue weighted by atomic mass is 10.0. The molecule has 0 atom stereocenters. The van der Waals surface area contributed by atoms with Crippen LogP contribution < -0.4 is 10.9 Å². The van der Waals surface area contributed by atoms with Gasteiger partial charge in [-0.3, -0.25) is 15.2 Å². The average Bonchev–Trinajstić information content (AvgIpc) is 2.66. The average molecular weight is 336 g/mol. The molecule has 0 aliphatic heterocycles. The maximum absolute atomic E-state index is 12.5. The third-order valence-corrected chi connectivity index (χ3v) is 3.47. The number of nitrogens with zero attached hydrogens (tertiary/aromatic N) is 2. The van der Waals surface area contributed by atoms with E-state index in [0.29, 0.717) is 22.2 Å². The minimum atomic E-state index is -0.721. The van der Waals surface area contributed by atoms with Crippen molar-refractivity contribution in [2.24, 2.45) is 0 Å². The third-order valence-electron chi connectivity index (χ3n) is 3.47. The smallest absolute Gasteiger partial charge is 0.426 e. The predicted octanol–water partition coefficient (Wildman–Crippen LogP) is 2.69. The standard InChI is InChI=1S/C18H16N4O3/c1-2-25-18(24)22-21-17(23)14-10-16(12-6-5-9-19-11-12)20-15-8-4-3-7-13(14)15/h3-11H,2H2,1H3,(H,21,23)(H,22,24). The predicted molar refractivity (Wildman–Crippen MR) is 92.6 cm³/mol. The lowest BCUT2D eigenvalue weighted by Gasteiger charge is -2.11. The van der Waals surface area contributed by atoms with Crippen molar-refractivity contribution in [2.75, 3.05) is 6.61 Å². The van der Waals surface area contributed by atoms with Crippen LogP contribution in [-0.4, -0.2) is 28.6 Å². The van der Waals surface area contributed by atoms with Crippen molar-refractivity contribution in [3.63, 3.8) is 0 Å². The van der Waals surface area contributed by atoms with Crippen LogP contribution in [0.4, 0.5) is 4.79 Å². The second kappa shape index (κ2) is 7.39. The zero-order chi connectivity index (χ0) is 17.6. The summed E-state index contributed by atoms with van der Waals surface area (Å²) in [6, 6.07) is 12.6. The van der Waals surface area contributed by atoms with Crippen molar-refractivity contribution in [3.8, 4) is 11.3 Å². The van der Waals surface area contributed by atoms with Gasteiger partial charge in [-0.1, -0.05) is 18.2 Å². The number of amides is 2.